The van der Waals surface area contributed by atoms with E-state index >= 15 is 0 Å². The Morgan fingerprint density at radius 3 is 1.56 bits per heavy atom. The van der Waals surface area contributed by atoms with Gasteiger partial charge in [-0.15, -0.1) is 0 Å². The number of hydrogen-bond donors (Lipinski definition) is 0. The molecule has 0 spiro atoms. The summed E-state index contributed by atoms with van der Waals surface area (Å²) in [5.41, 5.74) is 5.12. The van der Waals surface area contributed by atoms with Gasteiger partial charge in [-0.25, -0.2) is 4.79 Å². The lowest BCUT2D eigenvalue weighted by molar-refractivity contribution is -0.154. The number of hydrogen-bond acceptors (Lipinski definition) is 3. The van der Waals surface area contributed by atoms with Crippen LogP contribution in [0.5, 0.6) is 0 Å². The van der Waals surface area contributed by atoms with Crippen LogP contribution in [0.3, 0.4) is 0 Å². The second kappa shape index (κ2) is 13.4. The molecule has 0 aliphatic carbocycles. The van der Waals surface area contributed by atoms with Crippen LogP contribution in [0.15, 0.2) is 46.6 Å². The molecule has 140 valence electrons. The Balaban J connectivity index is 4.13. The van der Waals surface area contributed by atoms with Crippen LogP contribution in [0.4, 0.5) is 0 Å². The second-order valence-corrected chi connectivity index (χ2v) is 6.90. The normalized spacial score (nSPS) is 12.8. The number of allylic oxidation sites excluding steroid dienone is 7. The summed E-state index contributed by atoms with van der Waals surface area (Å²) >= 11 is 0. The third-order valence-electron chi connectivity index (χ3n) is 3.76. The zero-order valence-electron chi connectivity index (χ0n) is 16.8. The molecule has 0 heterocycles. The smallest absolute Gasteiger partial charge is 0.338 e. The molecular weight excluding hydrogens is 312 g/mol. The molecule has 0 radical (unpaired) electrons. The van der Waals surface area contributed by atoms with Crippen LogP contribution >= 0.6 is 0 Å². The first kappa shape index (κ1) is 23.1. The van der Waals surface area contributed by atoms with Crippen molar-refractivity contribution in [1.82, 2.24) is 0 Å². The van der Waals surface area contributed by atoms with Crippen molar-refractivity contribution >= 4 is 11.9 Å². The molecule has 0 aromatic heterocycles. The van der Waals surface area contributed by atoms with Crippen molar-refractivity contribution in [3.05, 3.63) is 46.6 Å². The largest absolute Gasteiger partial charge is 0.390 e. The lowest BCUT2D eigenvalue weighted by atomic mass is 10.0. The van der Waals surface area contributed by atoms with Gasteiger partial charge < -0.3 is 4.74 Å². The van der Waals surface area contributed by atoms with E-state index in [4.69, 9.17) is 0 Å². The van der Waals surface area contributed by atoms with Gasteiger partial charge in [0.25, 0.3) is 0 Å². The van der Waals surface area contributed by atoms with Crippen molar-refractivity contribution in [2.75, 3.05) is 0 Å². The number of carbonyl (C=O) groups is 2. The van der Waals surface area contributed by atoms with Gasteiger partial charge >= 0.3 is 11.9 Å². The molecule has 0 aliphatic heterocycles. The maximum absolute atomic E-state index is 11.3. The molecule has 0 amide bonds. The van der Waals surface area contributed by atoms with Gasteiger partial charge in [-0.2, -0.15) is 0 Å². The van der Waals surface area contributed by atoms with E-state index in [2.05, 4.69) is 50.7 Å². The lowest BCUT2D eigenvalue weighted by Gasteiger charge is -2.02. The van der Waals surface area contributed by atoms with Gasteiger partial charge in [-0.05, 0) is 73.1 Å². The van der Waals surface area contributed by atoms with Gasteiger partial charge in [-0.3, -0.25) is 4.79 Å². The molecule has 0 aromatic rings. The predicted octanol–water partition coefficient (Wildman–Crippen LogP) is 6.22. The minimum absolute atomic E-state index is 0.575. The lowest BCUT2D eigenvalue weighted by Crippen LogP contribution is -2.06. The predicted molar refractivity (Wildman–Crippen MR) is 105 cm³/mol. The fourth-order valence-electron chi connectivity index (χ4n) is 2.33. The fraction of sp³-hybridized carbons (Fsp3) is 0.545. The molecule has 0 unspecified atom stereocenters. The SMILES string of the molecule is CC(=O)OC(=O)/C=C(\C)CC/C=C(\C)CC/C=C(\C)CCC=C(C)C. The third-order valence-corrected chi connectivity index (χ3v) is 3.76. The van der Waals surface area contributed by atoms with E-state index in [1.165, 1.54) is 29.7 Å². The van der Waals surface area contributed by atoms with Gasteiger partial charge in [0, 0.05) is 13.0 Å². The van der Waals surface area contributed by atoms with E-state index in [1.807, 2.05) is 6.92 Å². The maximum atomic E-state index is 11.3. The van der Waals surface area contributed by atoms with E-state index in [0.717, 1.165) is 44.1 Å². The summed E-state index contributed by atoms with van der Waals surface area (Å²) in [4.78, 5) is 22.0. The molecule has 0 atom stereocenters. The number of esters is 2. The zero-order valence-corrected chi connectivity index (χ0v) is 16.8. The molecular formula is C22H34O3. The highest BCUT2D eigenvalue weighted by Crippen LogP contribution is 2.13. The summed E-state index contributed by atoms with van der Waals surface area (Å²) in [6.07, 6.45) is 14.3. The number of carbonyl (C=O) groups excluding carboxylic acids is 2. The minimum Gasteiger partial charge on any atom is -0.390 e. The van der Waals surface area contributed by atoms with Crippen molar-refractivity contribution in [1.29, 1.82) is 0 Å². The highest BCUT2D eigenvalue weighted by Gasteiger charge is 2.02. The van der Waals surface area contributed by atoms with Crippen LogP contribution in [0.1, 0.15) is 80.1 Å². The molecule has 0 fully saturated rings. The molecule has 0 N–H and O–H groups in total. The first-order valence-corrected chi connectivity index (χ1v) is 9.05. The maximum Gasteiger partial charge on any atom is 0.338 e. The Labute approximate surface area is 153 Å². The standard InChI is InChI=1S/C22H34O3/c1-17(2)10-7-11-18(3)12-8-13-19(4)14-9-15-20(5)16-22(24)25-21(6)23/h10,12,14,16H,7-9,11,13,15H2,1-6H3/b18-12+,19-14+,20-16+. The van der Waals surface area contributed by atoms with Crippen LogP contribution in [0.2, 0.25) is 0 Å². The van der Waals surface area contributed by atoms with Gasteiger partial charge in [0.15, 0.2) is 0 Å². The van der Waals surface area contributed by atoms with Gasteiger partial charge in [-0.1, -0.05) is 40.5 Å². The van der Waals surface area contributed by atoms with E-state index in [0.29, 0.717) is 0 Å². The van der Waals surface area contributed by atoms with Gasteiger partial charge in [0.05, 0.1) is 0 Å². The van der Waals surface area contributed by atoms with Crippen LogP contribution in [0.25, 0.3) is 0 Å². The minimum atomic E-state index is -0.584. The van der Waals surface area contributed by atoms with Crippen molar-refractivity contribution in [3.8, 4) is 0 Å². The van der Waals surface area contributed by atoms with Gasteiger partial charge in [0.1, 0.15) is 0 Å². The Morgan fingerprint density at radius 2 is 1.12 bits per heavy atom. The first-order valence-electron chi connectivity index (χ1n) is 9.05. The second-order valence-electron chi connectivity index (χ2n) is 6.90. The Hall–Kier alpha value is -1.90. The molecule has 3 nitrogen and oxygen atoms in total. The monoisotopic (exact) mass is 346 g/mol. The molecule has 25 heavy (non-hydrogen) atoms. The molecule has 0 aromatic carbocycles. The molecule has 3 heteroatoms. The van der Waals surface area contributed by atoms with Crippen LogP contribution < -0.4 is 0 Å². The Bertz CT molecular complexity index is 556. The van der Waals surface area contributed by atoms with Crippen molar-refractivity contribution in [3.63, 3.8) is 0 Å². The molecule has 0 saturated carbocycles. The zero-order chi connectivity index (χ0) is 19.2. The summed E-state index contributed by atoms with van der Waals surface area (Å²) in [7, 11) is 0. The first-order chi connectivity index (χ1) is 11.7. The average molecular weight is 347 g/mol. The third kappa shape index (κ3) is 15.4. The highest BCUT2D eigenvalue weighted by atomic mass is 16.6. The topological polar surface area (TPSA) is 43.4 Å². The summed E-state index contributed by atoms with van der Waals surface area (Å²) in [5.74, 6) is -1.16. The summed E-state index contributed by atoms with van der Waals surface area (Å²) in [6.45, 7) is 11.7. The average Bonchev–Trinajstić information content (AvgIpc) is 2.45. The van der Waals surface area contributed by atoms with Crippen molar-refractivity contribution in [2.45, 2.75) is 80.1 Å². The summed E-state index contributed by atoms with van der Waals surface area (Å²) in [6, 6.07) is 0. The molecule has 0 bridgehead atoms. The van der Waals surface area contributed by atoms with E-state index < -0.39 is 11.9 Å². The Morgan fingerprint density at radius 1 is 0.680 bits per heavy atom. The Kier molecular flexibility index (Phi) is 12.4. The van der Waals surface area contributed by atoms with Crippen LogP contribution in [0, 0.1) is 0 Å². The van der Waals surface area contributed by atoms with E-state index in [9.17, 15) is 9.59 Å². The van der Waals surface area contributed by atoms with E-state index in [-0.39, 0.29) is 0 Å². The van der Waals surface area contributed by atoms with E-state index in [1.54, 1.807) is 0 Å². The van der Waals surface area contributed by atoms with Crippen molar-refractivity contribution < 1.29 is 14.3 Å². The molecule has 0 saturated heterocycles. The van der Waals surface area contributed by atoms with Crippen LogP contribution in [-0.2, 0) is 14.3 Å². The summed E-state index contributed by atoms with van der Waals surface area (Å²) in [5, 5.41) is 0. The highest BCUT2D eigenvalue weighted by molar-refractivity contribution is 5.91. The van der Waals surface area contributed by atoms with Crippen LogP contribution in [-0.4, -0.2) is 11.9 Å². The van der Waals surface area contributed by atoms with Crippen molar-refractivity contribution in [2.24, 2.45) is 0 Å². The summed E-state index contributed by atoms with van der Waals surface area (Å²) < 4.78 is 4.49. The fourth-order valence-corrected chi connectivity index (χ4v) is 2.33. The number of rotatable bonds is 10. The quantitative estimate of drug-likeness (QED) is 0.204. The molecule has 0 rings (SSSR count). The number of ether oxygens (including phenoxy) is 1. The van der Waals surface area contributed by atoms with Gasteiger partial charge in [0.2, 0.25) is 0 Å². The molecule has 0 aliphatic rings.